The van der Waals surface area contributed by atoms with Gasteiger partial charge >= 0.3 is 0 Å². The van der Waals surface area contributed by atoms with Crippen LogP contribution in [0.2, 0.25) is 0 Å². The number of carbonyl (C=O) groups is 1. The molecule has 0 bridgehead atoms. The largest absolute Gasteiger partial charge is 0.279 e. The predicted octanol–water partition coefficient (Wildman–Crippen LogP) is 0.948. The number of carbonyl (C=O) groups excluding carboxylic acids is 1. The molecule has 1 aromatic rings. The summed E-state index contributed by atoms with van der Waals surface area (Å²) in [4.78, 5) is 13.4. The van der Waals surface area contributed by atoms with Gasteiger partial charge in [0.2, 0.25) is 6.41 Å². The Morgan fingerprint density at radius 3 is 2.44 bits per heavy atom. The van der Waals surface area contributed by atoms with Crippen LogP contribution in [0.5, 0.6) is 0 Å². The SMILES string of the molecule is CC.O=Cn1ccnc1. The van der Waals surface area contributed by atoms with E-state index in [1.54, 1.807) is 12.4 Å². The van der Waals surface area contributed by atoms with E-state index in [2.05, 4.69) is 4.98 Å². The van der Waals surface area contributed by atoms with Crippen molar-refractivity contribution in [2.75, 3.05) is 0 Å². The van der Waals surface area contributed by atoms with Gasteiger partial charge in [-0.25, -0.2) is 4.98 Å². The third-order valence-electron chi connectivity index (χ3n) is 0.647. The predicted molar refractivity (Wildman–Crippen MR) is 35.7 cm³/mol. The van der Waals surface area contributed by atoms with E-state index in [0.29, 0.717) is 6.41 Å². The van der Waals surface area contributed by atoms with Gasteiger partial charge in [-0.1, -0.05) is 13.8 Å². The number of imidazole rings is 1. The summed E-state index contributed by atoms with van der Waals surface area (Å²) in [6.07, 6.45) is 5.25. The second-order valence-electron chi connectivity index (χ2n) is 1.12. The zero-order chi connectivity index (χ0) is 7.11. The quantitative estimate of drug-likeness (QED) is 0.525. The number of hydrogen-bond acceptors (Lipinski definition) is 2. The molecule has 0 aliphatic carbocycles. The summed E-state index contributed by atoms with van der Waals surface area (Å²) in [7, 11) is 0. The van der Waals surface area contributed by atoms with Gasteiger partial charge in [-0.2, -0.15) is 0 Å². The lowest BCUT2D eigenvalue weighted by Gasteiger charge is -1.75. The molecule has 1 heterocycles. The van der Waals surface area contributed by atoms with Crippen LogP contribution >= 0.6 is 0 Å². The molecule has 0 radical (unpaired) electrons. The van der Waals surface area contributed by atoms with E-state index in [1.165, 1.54) is 10.9 Å². The molecule has 0 aliphatic rings. The molecule has 0 aromatic carbocycles. The van der Waals surface area contributed by atoms with Gasteiger partial charge in [-0.05, 0) is 0 Å². The lowest BCUT2D eigenvalue weighted by molar-refractivity contribution is 0.547. The van der Waals surface area contributed by atoms with Crippen molar-refractivity contribution < 1.29 is 4.79 Å². The minimum atomic E-state index is 0.688. The lowest BCUT2D eigenvalue weighted by atomic mass is 10.9. The smallest absolute Gasteiger partial charge is 0.218 e. The topological polar surface area (TPSA) is 34.9 Å². The van der Waals surface area contributed by atoms with Gasteiger partial charge in [0.25, 0.3) is 0 Å². The molecule has 0 amide bonds. The monoisotopic (exact) mass is 126 g/mol. The fraction of sp³-hybridized carbons (Fsp3) is 0.333. The van der Waals surface area contributed by atoms with Gasteiger partial charge in [-0.3, -0.25) is 9.36 Å². The molecule has 3 heteroatoms. The summed E-state index contributed by atoms with van der Waals surface area (Å²) in [6, 6.07) is 0. The normalized spacial score (nSPS) is 7.33. The molecular weight excluding hydrogens is 116 g/mol. The van der Waals surface area contributed by atoms with Crippen molar-refractivity contribution in [3.63, 3.8) is 0 Å². The van der Waals surface area contributed by atoms with Crippen molar-refractivity contribution in [3.05, 3.63) is 18.7 Å². The van der Waals surface area contributed by atoms with Gasteiger partial charge < -0.3 is 0 Å². The molecule has 1 aromatic heterocycles. The third-order valence-corrected chi connectivity index (χ3v) is 0.647. The molecule has 0 aliphatic heterocycles. The van der Waals surface area contributed by atoms with Gasteiger partial charge in [0, 0.05) is 12.4 Å². The minimum Gasteiger partial charge on any atom is -0.279 e. The van der Waals surface area contributed by atoms with Crippen molar-refractivity contribution in [2.45, 2.75) is 13.8 Å². The zero-order valence-corrected chi connectivity index (χ0v) is 5.61. The summed E-state index contributed by atoms with van der Waals surface area (Å²) in [6.45, 7) is 4.00. The van der Waals surface area contributed by atoms with E-state index in [4.69, 9.17) is 0 Å². The van der Waals surface area contributed by atoms with E-state index in [0.717, 1.165) is 0 Å². The molecular formula is C6H10N2O. The van der Waals surface area contributed by atoms with E-state index in [1.807, 2.05) is 13.8 Å². The Morgan fingerprint density at radius 1 is 1.56 bits per heavy atom. The summed E-state index contributed by atoms with van der Waals surface area (Å²) in [5.74, 6) is 0. The number of aromatic nitrogens is 2. The van der Waals surface area contributed by atoms with Gasteiger partial charge in [0.15, 0.2) is 0 Å². The Bertz CT molecular complexity index is 146. The van der Waals surface area contributed by atoms with Crippen molar-refractivity contribution >= 4 is 6.41 Å². The molecule has 1 rings (SSSR count). The Labute approximate surface area is 54.3 Å². The second kappa shape index (κ2) is 5.03. The Balaban J connectivity index is 0.000000291. The highest BCUT2D eigenvalue weighted by atomic mass is 16.1. The second-order valence-corrected chi connectivity index (χ2v) is 1.12. The van der Waals surface area contributed by atoms with Crippen LogP contribution in [0.3, 0.4) is 0 Å². The standard InChI is InChI=1S/C4H4N2O.C2H6/c7-4-6-2-1-5-3-6;1-2/h1-4H;1-2H3. The maximum Gasteiger partial charge on any atom is 0.218 e. The molecule has 0 N–H and O–H groups in total. The third kappa shape index (κ3) is 2.64. The van der Waals surface area contributed by atoms with Crippen molar-refractivity contribution in [2.24, 2.45) is 0 Å². The van der Waals surface area contributed by atoms with Crippen LogP contribution in [0.4, 0.5) is 0 Å². The van der Waals surface area contributed by atoms with Crippen LogP contribution in [0.15, 0.2) is 18.7 Å². The highest BCUT2D eigenvalue weighted by Crippen LogP contribution is 1.74. The first kappa shape index (κ1) is 7.88. The van der Waals surface area contributed by atoms with Crippen LogP contribution in [-0.4, -0.2) is 16.0 Å². The summed E-state index contributed by atoms with van der Waals surface area (Å²) < 4.78 is 1.33. The first-order valence-corrected chi connectivity index (χ1v) is 2.86. The number of hydrogen-bond donors (Lipinski definition) is 0. The average Bonchev–Trinajstić information content (AvgIpc) is 2.43. The molecule has 0 saturated carbocycles. The highest BCUT2D eigenvalue weighted by Gasteiger charge is 1.76. The molecule has 3 nitrogen and oxygen atoms in total. The fourth-order valence-corrected chi connectivity index (χ4v) is 0.332. The van der Waals surface area contributed by atoms with Gasteiger partial charge in [0.05, 0.1) is 0 Å². The Morgan fingerprint density at radius 2 is 2.22 bits per heavy atom. The molecule has 0 atom stereocenters. The van der Waals surface area contributed by atoms with Crippen molar-refractivity contribution in [3.8, 4) is 0 Å². The molecule has 50 valence electrons. The van der Waals surface area contributed by atoms with Crippen molar-refractivity contribution in [1.29, 1.82) is 0 Å². The highest BCUT2D eigenvalue weighted by molar-refractivity contribution is 5.50. The Hall–Kier alpha value is -1.12. The molecule has 0 fully saturated rings. The Kier molecular flexibility index (Phi) is 4.40. The first-order chi connectivity index (χ1) is 4.43. The van der Waals surface area contributed by atoms with Crippen LogP contribution < -0.4 is 0 Å². The van der Waals surface area contributed by atoms with E-state index in [9.17, 15) is 4.79 Å². The lowest BCUT2D eigenvalue weighted by Crippen LogP contribution is -1.86. The minimum absolute atomic E-state index is 0.688. The molecule has 0 saturated heterocycles. The van der Waals surface area contributed by atoms with Gasteiger partial charge in [0.1, 0.15) is 6.33 Å². The van der Waals surface area contributed by atoms with Crippen LogP contribution in [0.25, 0.3) is 0 Å². The molecule has 9 heavy (non-hydrogen) atoms. The summed E-state index contributed by atoms with van der Waals surface area (Å²) >= 11 is 0. The van der Waals surface area contributed by atoms with Gasteiger partial charge in [-0.15, -0.1) is 0 Å². The van der Waals surface area contributed by atoms with E-state index in [-0.39, 0.29) is 0 Å². The van der Waals surface area contributed by atoms with E-state index >= 15 is 0 Å². The average molecular weight is 126 g/mol. The molecule has 0 unspecified atom stereocenters. The maximum atomic E-state index is 9.79. The first-order valence-electron chi connectivity index (χ1n) is 2.86. The molecule has 0 spiro atoms. The van der Waals surface area contributed by atoms with E-state index < -0.39 is 0 Å². The van der Waals surface area contributed by atoms with Crippen LogP contribution in [0.1, 0.15) is 13.8 Å². The fourth-order valence-electron chi connectivity index (χ4n) is 0.332. The number of nitrogens with zero attached hydrogens (tertiary/aromatic N) is 2. The summed E-state index contributed by atoms with van der Waals surface area (Å²) in [5, 5.41) is 0. The van der Waals surface area contributed by atoms with Crippen LogP contribution in [-0.2, 0) is 4.79 Å². The maximum absolute atomic E-state index is 9.79. The zero-order valence-electron chi connectivity index (χ0n) is 5.61. The number of rotatable bonds is 1. The summed E-state index contributed by atoms with van der Waals surface area (Å²) in [5.41, 5.74) is 0. The van der Waals surface area contributed by atoms with Crippen LogP contribution in [0, 0.1) is 0 Å². The van der Waals surface area contributed by atoms with Crippen molar-refractivity contribution in [1.82, 2.24) is 9.55 Å².